The molecular weight excluding hydrogens is 234 g/mol. The highest BCUT2D eigenvalue weighted by atomic mass is 16.6. The fourth-order valence-electron chi connectivity index (χ4n) is 1.45. The van der Waals surface area contributed by atoms with Gasteiger partial charge in [0.2, 0.25) is 5.69 Å². The van der Waals surface area contributed by atoms with Crippen molar-refractivity contribution in [3.05, 3.63) is 27.9 Å². The van der Waals surface area contributed by atoms with Crippen LogP contribution in [-0.4, -0.2) is 22.5 Å². The molecule has 96 valence electrons. The molecule has 7 heteroatoms. The van der Waals surface area contributed by atoms with Gasteiger partial charge in [-0.05, 0) is 12.0 Å². The molecule has 0 spiro atoms. The summed E-state index contributed by atoms with van der Waals surface area (Å²) in [6, 6.07) is 4.46. The zero-order chi connectivity index (χ0) is 13.7. The molecular formula is C11H15N5O2. The van der Waals surface area contributed by atoms with Gasteiger partial charge in [0.05, 0.1) is 4.92 Å². The Morgan fingerprint density at radius 2 is 2.28 bits per heavy atom. The standard InChI is InChI=1S/C11H15N5O2/c1-7(2)8(5-12)14-11-4-3-10(16(17)18)9(6-13)15-11/h3-4,7-8H,5,12H2,1-2H3,(H,14,15). The third kappa shape index (κ3) is 3.15. The molecule has 0 aromatic carbocycles. The summed E-state index contributed by atoms with van der Waals surface area (Å²) in [5.41, 5.74) is 5.11. The van der Waals surface area contributed by atoms with Gasteiger partial charge in [-0.3, -0.25) is 10.1 Å². The number of hydrogen-bond acceptors (Lipinski definition) is 6. The van der Waals surface area contributed by atoms with Crippen molar-refractivity contribution in [1.29, 1.82) is 5.26 Å². The number of nitriles is 1. The van der Waals surface area contributed by atoms with E-state index in [0.717, 1.165) is 0 Å². The second-order valence-electron chi connectivity index (χ2n) is 4.16. The molecule has 0 amide bonds. The summed E-state index contributed by atoms with van der Waals surface area (Å²) in [6.07, 6.45) is 0. The summed E-state index contributed by atoms with van der Waals surface area (Å²) >= 11 is 0. The van der Waals surface area contributed by atoms with E-state index in [1.54, 1.807) is 6.07 Å². The fraction of sp³-hybridized carbons (Fsp3) is 0.455. The molecule has 1 rings (SSSR count). The third-order valence-corrected chi connectivity index (χ3v) is 2.57. The smallest absolute Gasteiger partial charge is 0.305 e. The van der Waals surface area contributed by atoms with Crippen LogP contribution in [0.1, 0.15) is 19.5 Å². The molecule has 0 aliphatic heterocycles. The first-order valence-electron chi connectivity index (χ1n) is 5.51. The van der Waals surface area contributed by atoms with Gasteiger partial charge in [0.15, 0.2) is 0 Å². The molecule has 0 saturated heterocycles. The van der Waals surface area contributed by atoms with Crippen molar-refractivity contribution < 1.29 is 4.92 Å². The lowest BCUT2D eigenvalue weighted by atomic mass is 10.1. The number of nitro groups is 1. The van der Waals surface area contributed by atoms with Gasteiger partial charge >= 0.3 is 5.69 Å². The Kier molecular flexibility index (Phi) is 4.57. The minimum Gasteiger partial charge on any atom is -0.366 e. The van der Waals surface area contributed by atoms with Crippen molar-refractivity contribution >= 4 is 11.5 Å². The van der Waals surface area contributed by atoms with Crippen LogP contribution in [0.25, 0.3) is 0 Å². The minimum atomic E-state index is -0.627. The first-order chi connectivity index (χ1) is 8.49. The van der Waals surface area contributed by atoms with Crippen LogP contribution in [0.5, 0.6) is 0 Å². The second-order valence-corrected chi connectivity index (χ2v) is 4.16. The van der Waals surface area contributed by atoms with Crippen LogP contribution < -0.4 is 11.1 Å². The number of hydrogen-bond donors (Lipinski definition) is 2. The first kappa shape index (κ1) is 13.9. The van der Waals surface area contributed by atoms with Crippen LogP contribution in [-0.2, 0) is 0 Å². The molecule has 0 radical (unpaired) electrons. The predicted octanol–water partition coefficient (Wildman–Crippen LogP) is 1.26. The minimum absolute atomic E-state index is 0.00509. The lowest BCUT2D eigenvalue weighted by Crippen LogP contribution is -2.34. The van der Waals surface area contributed by atoms with Gasteiger partial charge in [-0.15, -0.1) is 0 Å². The fourth-order valence-corrected chi connectivity index (χ4v) is 1.45. The van der Waals surface area contributed by atoms with Gasteiger partial charge in [-0.1, -0.05) is 13.8 Å². The van der Waals surface area contributed by atoms with Gasteiger partial charge in [0, 0.05) is 18.7 Å². The number of pyridine rings is 1. The highest BCUT2D eigenvalue weighted by molar-refractivity contribution is 5.50. The van der Waals surface area contributed by atoms with Crippen LogP contribution >= 0.6 is 0 Å². The highest BCUT2D eigenvalue weighted by Gasteiger charge is 2.17. The van der Waals surface area contributed by atoms with E-state index in [1.165, 1.54) is 12.1 Å². The Hall–Kier alpha value is -2.20. The summed E-state index contributed by atoms with van der Waals surface area (Å²) < 4.78 is 0. The number of nitrogens with one attached hydrogen (secondary N) is 1. The van der Waals surface area contributed by atoms with Crippen LogP contribution in [0.15, 0.2) is 12.1 Å². The summed E-state index contributed by atoms with van der Waals surface area (Å²) in [6.45, 7) is 4.42. The van der Waals surface area contributed by atoms with Crippen molar-refractivity contribution in [3.63, 3.8) is 0 Å². The highest BCUT2D eigenvalue weighted by Crippen LogP contribution is 2.19. The molecule has 1 heterocycles. The zero-order valence-corrected chi connectivity index (χ0v) is 10.3. The van der Waals surface area contributed by atoms with Crippen molar-refractivity contribution in [3.8, 4) is 6.07 Å². The molecule has 0 bridgehead atoms. The van der Waals surface area contributed by atoms with E-state index < -0.39 is 4.92 Å². The largest absolute Gasteiger partial charge is 0.366 e. The molecule has 1 unspecified atom stereocenters. The number of anilines is 1. The summed E-state index contributed by atoms with van der Waals surface area (Å²) in [4.78, 5) is 13.9. The normalized spacial score (nSPS) is 11.9. The molecule has 18 heavy (non-hydrogen) atoms. The van der Waals surface area contributed by atoms with E-state index in [9.17, 15) is 10.1 Å². The third-order valence-electron chi connectivity index (χ3n) is 2.57. The molecule has 1 aromatic rings. The SMILES string of the molecule is CC(C)C(CN)Nc1ccc([N+](=O)[O-])c(C#N)n1. The van der Waals surface area contributed by atoms with E-state index >= 15 is 0 Å². The Balaban J connectivity index is 3.00. The monoisotopic (exact) mass is 249 g/mol. The Morgan fingerprint density at radius 1 is 1.61 bits per heavy atom. The van der Waals surface area contributed by atoms with Crippen LogP contribution in [0.3, 0.4) is 0 Å². The second kappa shape index (κ2) is 5.93. The quantitative estimate of drug-likeness (QED) is 0.599. The lowest BCUT2D eigenvalue weighted by molar-refractivity contribution is -0.385. The summed E-state index contributed by atoms with van der Waals surface area (Å²) in [5.74, 6) is 0.707. The van der Waals surface area contributed by atoms with E-state index in [1.807, 2.05) is 13.8 Å². The summed E-state index contributed by atoms with van der Waals surface area (Å²) in [7, 11) is 0. The molecule has 1 atom stereocenters. The Morgan fingerprint density at radius 3 is 2.72 bits per heavy atom. The molecule has 0 aliphatic rings. The maximum absolute atomic E-state index is 10.7. The lowest BCUT2D eigenvalue weighted by Gasteiger charge is -2.20. The van der Waals surface area contributed by atoms with Crippen molar-refractivity contribution in [2.24, 2.45) is 11.7 Å². The van der Waals surface area contributed by atoms with Gasteiger partial charge in [0.25, 0.3) is 0 Å². The van der Waals surface area contributed by atoms with Gasteiger partial charge in [-0.2, -0.15) is 5.26 Å². The van der Waals surface area contributed by atoms with Crippen molar-refractivity contribution in [1.82, 2.24) is 4.98 Å². The van der Waals surface area contributed by atoms with Crippen LogP contribution in [0, 0.1) is 27.4 Å². The number of nitrogens with two attached hydrogens (primary N) is 1. The maximum atomic E-state index is 10.7. The number of aromatic nitrogens is 1. The summed E-state index contributed by atoms with van der Waals surface area (Å²) in [5, 5.41) is 22.5. The molecule has 7 nitrogen and oxygen atoms in total. The van der Waals surface area contributed by atoms with Crippen LogP contribution in [0.2, 0.25) is 0 Å². The average Bonchev–Trinajstić information content (AvgIpc) is 2.34. The van der Waals surface area contributed by atoms with Crippen LogP contribution in [0.4, 0.5) is 11.5 Å². The Bertz CT molecular complexity index is 481. The van der Waals surface area contributed by atoms with Gasteiger partial charge < -0.3 is 11.1 Å². The van der Waals surface area contributed by atoms with Crippen molar-refractivity contribution in [2.75, 3.05) is 11.9 Å². The van der Waals surface area contributed by atoms with E-state index in [2.05, 4.69) is 10.3 Å². The molecule has 1 aromatic heterocycles. The van der Waals surface area contributed by atoms with Gasteiger partial charge in [0.1, 0.15) is 11.9 Å². The Labute approximate surface area is 105 Å². The average molecular weight is 249 g/mol. The first-order valence-corrected chi connectivity index (χ1v) is 5.51. The molecule has 0 aliphatic carbocycles. The maximum Gasteiger partial charge on any atom is 0.305 e. The van der Waals surface area contributed by atoms with Gasteiger partial charge in [-0.25, -0.2) is 4.98 Å². The molecule has 0 saturated carbocycles. The van der Waals surface area contributed by atoms with E-state index in [-0.39, 0.29) is 23.3 Å². The van der Waals surface area contributed by atoms with Crippen molar-refractivity contribution in [2.45, 2.75) is 19.9 Å². The predicted molar refractivity (Wildman–Crippen MR) is 66.9 cm³/mol. The number of rotatable bonds is 5. The van der Waals surface area contributed by atoms with E-state index in [4.69, 9.17) is 11.0 Å². The zero-order valence-electron chi connectivity index (χ0n) is 10.3. The molecule has 3 N–H and O–H groups in total. The topological polar surface area (TPSA) is 118 Å². The number of nitrogens with zero attached hydrogens (tertiary/aromatic N) is 3. The molecule has 0 fully saturated rings. The van der Waals surface area contributed by atoms with E-state index in [0.29, 0.717) is 12.4 Å².